The molecular weight excluding hydrogens is 299 g/mol. The summed E-state index contributed by atoms with van der Waals surface area (Å²) in [5, 5.41) is 4.93. The number of aromatic nitrogens is 1. The first kappa shape index (κ1) is 14.8. The van der Waals surface area contributed by atoms with Gasteiger partial charge in [0.25, 0.3) is 5.91 Å². The highest BCUT2D eigenvalue weighted by Gasteiger charge is 2.17. The largest absolute Gasteiger partial charge is 0.347 e. The molecule has 114 valence electrons. The molecule has 1 amide bonds. The van der Waals surface area contributed by atoms with Gasteiger partial charge >= 0.3 is 0 Å². The van der Waals surface area contributed by atoms with E-state index < -0.39 is 0 Å². The molecule has 0 saturated heterocycles. The van der Waals surface area contributed by atoms with Crippen molar-refractivity contribution < 1.29 is 9.18 Å². The van der Waals surface area contributed by atoms with Gasteiger partial charge in [-0.3, -0.25) is 4.79 Å². The van der Waals surface area contributed by atoms with Gasteiger partial charge in [0.15, 0.2) is 0 Å². The van der Waals surface area contributed by atoms with E-state index in [1.807, 2.05) is 22.1 Å². The van der Waals surface area contributed by atoms with Crippen molar-refractivity contribution in [3.8, 4) is 0 Å². The number of nitrogens with zero attached hydrogens (tertiary/aromatic N) is 1. The van der Waals surface area contributed by atoms with Gasteiger partial charge in [0.1, 0.15) is 11.5 Å². The Morgan fingerprint density at radius 2 is 2.00 bits per heavy atom. The molecule has 3 aromatic rings. The van der Waals surface area contributed by atoms with Gasteiger partial charge in [-0.2, -0.15) is 0 Å². The summed E-state index contributed by atoms with van der Waals surface area (Å²) in [5.74, 6) is -0.384. The van der Waals surface area contributed by atoms with Crippen molar-refractivity contribution in [2.24, 2.45) is 0 Å². The van der Waals surface area contributed by atoms with Crippen LogP contribution in [0.5, 0.6) is 0 Å². The number of thiophene rings is 1. The van der Waals surface area contributed by atoms with Crippen LogP contribution in [0.2, 0.25) is 0 Å². The van der Waals surface area contributed by atoms with E-state index in [1.54, 1.807) is 23.5 Å². The fraction of sp³-hybridized carbons (Fsp3) is 0.235. The highest BCUT2D eigenvalue weighted by Crippen LogP contribution is 2.28. The number of rotatable bonds is 4. The number of fused-ring (bicyclic) bond motifs is 1. The average Bonchev–Trinajstić information content (AvgIpc) is 3.06. The van der Waals surface area contributed by atoms with Gasteiger partial charge in [-0.1, -0.05) is 12.1 Å². The number of hydrogen-bond donors (Lipinski definition) is 1. The maximum Gasteiger partial charge on any atom is 0.268 e. The highest BCUT2D eigenvalue weighted by molar-refractivity contribution is 7.17. The van der Waals surface area contributed by atoms with Crippen molar-refractivity contribution in [3.63, 3.8) is 0 Å². The second-order valence-electron chi connectivity index (χ2n) is 5.47. The van der Waals surface area contributed by atoms with Crippen molar-refractivity contribution in [1.29, 1.82) is 0 Å². The number of carbonyl (C=O) groups excluding carboxylic acids is 1. The topological polar surface area (TPSA) is 34.0 Å². The molecule has 0 atom stereocenters. The van der Waals surface area contributed by atoms with Crippen molar-refractivity contribution in [3.05, 3.63) is 58.9 Å². The van der Waals surface area contributed by atoms with Crippen molar-refractivity contribution in [1.82, 2.24) is 9.88 Å². The maximum atomic E-state index is 12.9. The van der Waals surface area contributed by atoms with Crippen LogP contribution in [0.3, 0.4) is 0 Å². The van der Waals surface area contributed by atoms with E-state index in [9.17, 15) is 9.18 Å². The number of carbonyl (C=O) groups is 1. The monoisotopic (exact) mass is 316 g/mol. The third-order valence-electron chi connectivity index (χ3n) is 3.58. The molecule has 2 aromatic heterocycles. The summed E-state index contributed by atoms with van der Waals surface area (Å²) in [6, 6.07) is 10.3. The molecule has 0 saturated carbocycles. The molecule has 0 aliphatic carbocycles. The van der Waals surface area contributed by atoms with Crippen LogP contribution >= 0.6 is 11.3 Å². The SMILES string of the molecule is CC(C)n1c(C(=O)NCc2ccc(F)cc2)cc2sccc21. The molecule has 0 aliphatic rings. The molecular formula is C17H17FN2OS. The fourth-order valence-corrected chi connectivity index (χ4v) is 3.36. The first-order valence-corrected chi connectivity index (χ1v) is 8.05. The van der Waals surface area contributed by atoms with Gasteiger partial charge in [-0.05, 0) is 49.1 Å². The molecule has 22 heavy (non-hydrogen) atoms. The van der Waals surface area contributed by atoms with Crippen LogP contribution in [0.4, 0.5) is 4.39 Å². The molecule has 0 spiro atoms. The average molecular weight is 316 g/mol. The highest BCUT2D eigenvalue weighted by atomic mass is 32.1. The third-order valence-corrected chi connectivity index (χ3v) is 4.43. The van der Waals surface area contributed by atoms with Crippen LogP contribution in [0.1, 0.15) is 35.9 Å². The van der Waals surface area contributed by atoms with Gasteiger partial charge in [0, 0.05) is 12.6 Å². The molecule has 0 fully saturated rings. The minimum Gasteiger partial charge on any atom is -0.347 e. The number of amides is 1. The van der Waals surface area contributed by atoms with Gasteiger partial charge in [-0.15, -0.1) is 11.3 Å². The standard InChI is InChI=1S/C17H17FN2OS/c1-11(2)20-14-7-8-22-16(14)9-15(20)17(21)19-10-12-3-5-13(18)6-4-12/h3-9,11H,10H2,1-2H3,(H,19,21). The van der Waals surface area contributed by atoms with Crippen molar-refractivity contribution >= 4 is 27.5 Å². The molecule has 0 radical (unpaired) electrons. The van der Waals surface area contributed by atoms with Crippen LogP contribution in [0.15, 0.2) is 41.8 Å². The third kappa shape index (κ3) is 2.76. The van der Waals surface area contributed by atoms with Crippen molar-refractivity contribution in [2.75, 3.05) is 0 Å². The Morgan fingerprint density at radius 1 is 1.27 bits per heavy atom. The maximum absolute atomic E-state index is 12.9. The molecule has 1 aromatic carbocycles. The summed E-state index contributed by atoms with van der Waals surface area (Å²) in [6.07, 6.45) is 0. The Balaban J connectivity index is 1.81. The number of hydrogen-bond acceptors (Lipinski definition) is 2. The summed E-state index contributed by atoms with van der Waals surface area (Å²) in [6.45, 7) is 4.51. The Kier molecular flexibility index (Phi) is 3.98. The van der Waals surface area contributed by atoms with E-state index in [0.717, 1.165) is 15.8 Å². The zero-order chi connectivity index (χ0) is 15.7. The zero-order valence-corrected chi connectivity index (χ0v) is 13.3. The van der Waals surface area contributed by atoms with Crippen LogP contribution in [0.25, 0.3) is 10.2 Å². The Morgan fingerprint density at radius 3 is 2.68 bits per heavy atom. The van der Waals surface area contributed by atoms with Crippen LogP contribution in [-0.4, -0.2) is 10.5 Å². The van der Waals surface area contributed by atoms with E-state index >= 15 is 0 Å². The van der Waals surface area contributed by atoms with E-state index in [4.69, 9.17) is 0 Å². The Labute approximate surface area is 132 Å². The number of benzene rings is 1. The molecule has 2 heterocycles. The lowest BCUT2D eigenvalue weighted by molar-refractivity contribution is 0.0940. The Bertz CT molecular complexity index is 802. The number of nitrogens with one attached hydrogen (secondary N) is 1. The quantitative estimate of drug-likeness (QED) is 0.763. The lowest BCUT2D eigenvalue weighted by Crippen LogP contribution is -2.26. The fourth-order valence-electron chi connectivity index (χ4n) is 2.55. The van der Waals surface area contributed by atoms with E-state index in [-0.39, 0.29) is 17.8 Å². The number of halogens is 1. The summed E-state index contributed by atoms with van der Waals surface area (Å²) >= 11 is 1.63. The zero-order valence-electron chi connectivity index (χ0n) is 12.5. The van der Waals surface area contributed by atoms with E-state index in [1.165, 1.54) is 12.1 Å². The first-order valence-electron chi connectivity index (χ1n) is 7.17. The van der Waals surface area contributed by atoms with Gasteiger partial charge in [-0.25, -0.2) is 4.39 Å². The molecule has 0 unspecified atom stereocenters. The molecule has 0 aliphatic heterocycles. The van der Waals surface area contributed by atoms with Crippen LogP contribution in [-0.2, 0) is 6.54 Å². The smallest absolute Gasteiger partial charge is 0.268 e. The summed E-state index contributed by atoms with van der Waals surface area (Å²) in [5.41, 5.74) is 2.63. The van der Waals surface area contributed by atoms with Crippen molar-refractivity contribution in [2.45, 2.75) is 26.4 Å². The molecule has 1 N–H and O–H groups in total. The molecule has 5 heteroatoms. The van der Waals surface area contributed by atoms with E-state index in [2.05, 4.69) is 19.2 Å². The second kappa shape index (κ2) is 5.93. The van der Waals surface area contributed by atoms with Crippen LogP contribution < -0.4 is 5.32 Å². The predicted octanol–water partition coefficient (Wildman–Crippen LogP) is 4.35. The summed E-state index contributed by atoms with van der Waals surface area (Å²) in [4.78, 5) is 12.5. The first-order chi connectivity index (χ1) is 10.6. The minimum atomic E-state index is -0.274. The lowest BCUT2D eigenvalue weighted by atomic mass is 10.2. The van der Waals surface area contributed by atoms with Gasteiger partial charge < -0.3 is 9.88 Å². The van der Waals surface area contributed by atoms with Gasteiger partial charge in [0.05, 0.1) is 10.2 Å². The van der Waals surface area contributed by atoms with E-state index in [0.29, 0.717) is 12.2 Å². The predicted molar refractivity (Wildman–Crippen MR) is 87.8 cm³/mol. The summed E-state index contributed by atoms with van der Waals surface area (Å²) < 4.78 is 16.0. The minimum absolute atomic E-state index is 0.110. The molecule has 3 nitrogen and oxygen atoms in total. The second-order valence-corrected chi connectivity index (χ2v) is 6.42. The molecule has 0 bridgehead atoms. The van der Waals surface area contributed by atoms with Crippen LogP contribution in [0, 0.1) is 5.82 Å². The summed E-state index contributed by atoms with van der Waals surface area (Å²) in [7, 11) is 0. The normalized spacial score (nSPS) is 11.3. The molecule has 3 rings (SSSR count). The Hall–Kier alpha value is -2.14. The lowest BCUT2D eigenvalue weighted by Gasteiger charge is -2.14. The van der Waals surface area contributed by atoms with Gasteiger partial charge in [0.2, 0.25) is 0 Å².